The molecule has 1 saturated heterocycles. The van der Waals surface area contributed by atoms with Crippen molar-refractivity contribution in [1.82, 2.24) is 15.2 Å². The molecule has 4 rings (SSSR count). The molecule has 0 unspecified atom stereocenters. The molecule has 2 aromatic carbocycles. The van der Waals surface area contributed by atoms with E-state index in [1.807, 2.05) is 68.4 Å². The van der Waals surface area contributed by atoms with Crippen LogP contribution >= 0.6 is 0 Å². The lowest BCUT2D eigenvalue weighted by molar-refractivity contribution is -0.128. The number of aryl methyl sites for hydroxylation is 1. The maximum atomic E-state index is 11.9. The van der Waals surface area contributed by atoms with Gasteiger partial charge in [-0.25, -0.2) is 4.98 Å². The molecule has 1 N–H and O–H groups in total. The van der Waals surface area contributed by atoms with Crippen molar-refractivity contribution in [2.45, 2.75) is 26.4 Å². The highest BCUT2D eigenvalue weighted by molar-refractivity contribution is 5.82. The molecule has 0 saturated carbocycles. The quantitative estimate of drug-likeness (QED) is 0.733. The van der Waals surface area contributed by atoms with Gasteiger partial charge < -0.3 is 14.5 Å². The Bertz CT molecular complexity index is 968. The highest BCUT2D eigenvalue weighted by Crippen LogP contribution is 2.28. The van der Waals surface area contributed by atoms with Gasteiger partial charge >= 0.3 is 0 Å². The number of nitrogens with one attached hydrogen (secondary N) is 1. The van der Waals surface area contributed by atoms with E-state index in [1.54, 1.807) is 0 Å². The van der Waals surface area contributed by atoms with Crippen molar-refractivity contribution in [2.24, 2.45) is 0 Å². The van der Waals surface area contributed by atoms with Gasteiger partial charge in [-0.1, -0.05) is 24.3 Å². The van der Waals surface area contributed by atoms with Gasteiger partial charge in [0.15, 0.2) is 0 Å². The molecule has 2 heterocycles. The summed E-state index contributed by atoms with van der Waals surface area (Å²) in [4.78, 5) is 18.7. The number of hydrogen-bond donors (Lipinski definition) is 1. The second-order valence-corrected chi connectivity index (χ2v) is 6.90. The van der Waals surface area contributed by atoms with Crippen LogP contribution in [0, 0.1) is 6.92 Å². The first-order valence-corrected chi connectivity index (χ1v) is 9.41. The van der Waals surface area contributed by atoms with Crippen molar-refractivity contribution in [2.75, 3.05) is 13.1 Å². The van der Waals surface area contributed by atoms with Crippen molar-refractivity contribution in [1.29, 1.82) is 0 Å². The molecule has 0 aliphatic carbocycles. The Balaban J connectivity index is 1.53. The number of benzene rings is 2. The van der Waals surface area contributed by atoms with E-state index < -0.39 is 0 Å². The Morgan fingerprint density at radius 3 is 2.79 bits per heavy atom. The lowest BCUT2D eigenvalue weighted by atomic mass is 10.2. The van der Waals surface area contributed by atoms with Crippen LogP contribution in [0.2, 0.25) is 0 Å². The number of ether oxygens (including phenoxy) is 1. The fraction of sp³-hybridized carbons (Fsp3) is 0.273. The van der Waals surface area contributed by atoms with Crippen LogP contribution < -0.4 is 10.1 Å². The Morgan fingerprint density at radius 2 is 1.96 bits per heavy atom. The van der Waals surface area contributed by atoms with Crippen molar-refractivity contribution >= 4 is 5.91 Å². The fourth-order valence-electron chi connectivity index (χ4n) is 3.25. The zero-order chi connectivity index (χ0) is 19.5. The Hall–Kier alpha value is -3.12. The van der Waals surface area contributed by atoms with E-state index in [0.717, 1.165) is 35.1 Å². The highest BCUT2D eigenvalue weighted by atomic mass is 16.5. The van der Waals surface area contributed by atoms with Crippen LogP contribution in [0.15, 0.2) is 59.0 Å². The summed E-state index contributed by atoms with van der Waals surface area (Å²) < 4.78 is 11.8. The molecular weight excluding hydrogens is 354 g/mol. The molecule has 144 valence electrons. The van der Waals surface area contributed by atoms with Crippen LogP contribution in [-0.4, -0.2) is 34.9 Å². The van der Waals surface area contributed by atoms with Crippen molar-refractivity contribution in [3.05, 3.63) is 66.1 Å². The minimum atomic E-state index is -0.170. The summed E-state index contributed by atoms with van der Waals surface area (Å²) in [5, 5.41) is 2.88. The predicted molar refractivity (Wildman–Crippen MR) is 106 cm³/mol. The molecule has 3 aromatic rings. The lowest BCUT2D eigenvalue weighted by Gasteiger charge is -2.32. The molecule has 1 aliphatic rings. The number of aromatic nitrogens is 1. The van der Waals surface area contributed by atoms with E-state index in [2.05, 4.69) is 15.2 Å². The van der Waals surface area contributed by atoms with Gasteiger partial charge in [-0.2, -0.15) is 0 Å². The van der Waals surface area contributed by atoms with Crippen LogP contribution in [0.25, 0.3) is 11.5 Å². The van der Waals surface area contributed by atoms with Gasteiger partial charge in [0, 0.05) is 25.2 Å². The topological polar surface area (TPSA) is 67.6 Å². The summed E-state index contributed by atoms with van der Waals surface area (Å²) >= 11 is 0. The second-order valence-electron chi connectivity index (χ2n) is 6.90. The summed E-state index contributed by atoms with van der Waals surface area (Å²) in [5.74, 6) is 2.88. The van der Waals surface area contributed by atoms with Gasteiger partial charge in [0.05, 0.1) is 11.7 Å². The van der Waals surface area contributed by atoms with Gasteiger partial charge in [-0.05, 0) is 44.2 Å². The highest BCUT2D eigenvalue weighted by Gasteiger charge is 2.27. The number of carbonyl (C=O) groups is 1. The molecule has 1 aromatic heterocycles. The maximum absolute atomic E-state index is 11.9. The SMILES string of the molecule is Cc1oc(-c2cccc(Oc3ccccc3)c2)nc1CN1CCNC(=O)[C@H]1C. The van der Waals surface area contributed by atoms with E-state index in [0.29, 0.717) is 19.0 Å². The third kappa shape index (κ3) is 3.92. The number of rotatable bonds is 5. The van der Waals surface area contributed by atoms with Gasteiger partial charge in [0.25, 0.3) is 0 Å². The van der Waals surface area contributed by atoms with Gasteiger partial charge in [0.1, 0.15) is 17.3 Å². The van der Waals surface area contributed by atoms with Gasteiger partial charge in [-0.3, -0.25) is 9.69 Å². The minimum Gasteiger partial charge on any atom is -0.457 e. The van der Waals surface area contributed by atoms with E-state index in [9.17, 15) is 4.79 Å². The normalized spacial score (nSPS) is 17.4. The van der Waals surface area contributed by atoms with Crippen molar-refractivity contribution < 1.29 is 13.9 Å². The summed E-state index contributed by atoms with van der Waals surface area (Å²) in [5.41, 5.74) is 1.71. The molecule has 1 aliphatic heterocycles. The molecule has 6 nitrogen and oxygen atoms in total. The number of hydrogen-bond acceptors (Lipinski definition) is 5. The van der Waals surface area contributed by atoms with Crippen LogP contribution in [0.1, 0.15) is 18.4 Å². The third-order valence-corrected chi connectivity index (χ3v) is 4.93. The molecule has 0 spiro atoms. The van der Waals surface area contributed by atoms with Gasteiger partial charge in [-0.15, -0.1) is 0 Å². The monoisotopic (exact) mass is 377 g/mol. The number of piperazine rings is 1. The molecule has 28 heavy (non-hydrogen) atoms. The van der Waals surface area contributed by atoms with Crippen molar-refractivity contribution in [3.8, 4) is 23.0 Å². The van der Waals surface area contributed by atoms with Gasteiger partial charge in [0.2, 0.25) is 11.8 Å². The number of para-hydroxylation sites is 1. The molecule has 1 atom stereocenters. The smallest absolute Gasteiger partial charge is 0.237 e. The summed E-state index contributed by atoms with van der Waals surface area (Å²) in [6.07, 6.45) is 0. The Labute approximate surface area is 164 Å². The number of nitrogens with zero attached hydrogens (tertiary/aromatic N) is 2. The number of carbonyl (C=O) groups excluding carboxylic acids is 1. The van der Waals surface area contributed by atoms with Crippen LogP contribution in [0.4, 0.5) is 0 Å². The fourth-order valence-corrected chi connectivity index (χ4v) is 3.25. The molecule has 1 amide bonds. The lowest BCUT2D eigenvalue weighted by Crippen LogP contribution is -2.53. The summed E-state index contributed by atoms with van der Waals surface area (Å²) in [7, 11) is 0. The molecule has 6 heteroatoms. The Morgan fingerprint density at radius 1 is 1.18 bits per heavy atom. The first-order valence-electron chi connectivity index (χ1n) is 9.41. The maximum Gasteiger partial charge on any atom is 0.237 e. The first kappa shape index (κ1) is 18.3. The summed E-state index contributed by atoms with van der Waals surface area (Å²) in [6.45, 7) is 5.87. The minimum absolute atomic E-state index is 0.0541. The van der Waals surface area contributed by atoms with E-state index in [1.165, 1.54) is 0 Å². The van der Waals surface area contributed by atoms with Crippen LogP contribution in [0.3, 0.4) is 0 Å². The average Bonchev–Trinajstić information content (AvgIpc) is 3.07. The second kappa shape index (κ2) is 7.86. The predicted octanol–water partition coefficient (Wildman–Crippen LogP) is 3.76. The zero-order valence-corrected chi connectivity index (χ0v) is 16.0. The zero-order valence-electron chi connectivity index (χ0n) is 16.0. The molecular formula is C22H23N3O3. The van der Waals surface area contributed by atoms with E-state index in [-0.39, 0.29) is 11.9 Å². The van der Waals surface area contributed by atoms with E-state index in [4.69, 9.17) is 9.15 Å². The molecule has 1 fully saturated rings. The van der Waals surface area contributed by atoms with E-state index >= 15 is 0 Å². The van der Waals surface area contributed by atoms with Crippen LogP contribution in [-0.2, 0) is 11.3 Å². The number of amides is 1. The summed E-state index contributed by atoms with van der Waals surface area (Å²) in [6, 6.07) is 17.2. The third-order valence-electron chi connectivity index (χ3n) is 4.93. The average molecular weight is 377 g/mol. The number of oxazole rings is 1. The largest absolute Gasteiger partial charge is 0.457 e. The first-order chi connectivity index (χ1) is 13.6. The standard InChI is InChI=1S/C22H23N3O3/c1-15-21(26)23-11-12-25(15)14-20-16(2)27-22(24-20)17-7-6-10-19(13-17)28-18-8-4-3-5-9-18/h3-10,13,15H,11-12,14H2,1-2H3,(H,23,26)/t15-/m1/s1. The molecule has 0 radical (unpaired) electrons. The molecule has 0 bridgehead atoms. The van der Waals surface area contributed by atoms with Crippen LogP contribution in [0.5, 0.6) is 11.5 Å². The Kier molecular flexibility index (Phi) is 5.12. The van der Waals surface area contributed by atoms with Crippen molar-refractivity contribution in [3.63, 3.8) is 0 Å².